The molecule has 1 aromatic carbocycles. The summed E-state index contributed by atoms with van der Waals surface area (Å²) < 4.78 is 0. The molecule has 0 unspecified atom stereocenters. The zero-order chi connectivity index (χ0) is 20.4. The standard InChI is InChI=1S/C18H20N4O6/c1-2-16(24)20-7-5-11(6-8-20)19-15(23)10-21-17(25)13-4-3-12(22(27)28)9-14(13)18(21)26/h3-4,9,11H,2,5-8,10H2,1H3,(H,19,23). The lowest BCUT2D eigenvalue weighted by atomic mass is 10.0. The molecule has 10 nitrogen and oxygen atoms in total. The number of nitrogens with zero attached hydrogens (tertiary/aromatic N) is 3. The number of hydrogen-bond donors (Lipinski definition) is 1. The van der Waals surface area contributed by atoms with E-state index in [4.69, 9.17) is 0 Å². The van der Waals surface area contributed by atoms with E-state index < -0.39 is 29.2 Å². The van der Waals surface area contributed by atoms with Gasteiger partial charge in [-0.1, -0.05) is 6.92 Å². The third kappa shape index (κ3) is 3.71. The van der Waals surface area contributed by atoms with Crippen LogP contribution in [-0.4, -0.2) is 64.0 Å². The first-order valence-corrected chi connectivity index (χ1v) is 9.03. The lowest BCUT2D eigenvalue weighted by Crippen LogP contribution is -2.49. The highest BCUT2D eigenvalue weighted by atomic mass is 16.6. The minimum Gasteiger partial charge on any atom is -0.352 e. The molecule has 2 aliphatic heterocycles. The number of amides is 4. The summed E-state index contributed by atoms with van der Waals surface area (Å²) in [4.78, 5) is 61.5. The number of likely N-dealkylation sites (tertiary alicyclic amines) is 1. The molecule has 1 fully saturated rings. The van der Waals surface area contributed by atoms with Crippen LogP contribution in [0.2, 0.25) is 0 Å². The SMILES string of the molecule is CCC(=O)N1CCC(NC(=O)CN2C(=O)c3ccc([N+](=O)[O-])cc3C2=O)CC1. The van der Waals surface area contributed by atoms with Gasteiger partial charge in [0.1, 0.15) is 6.54 Å². The number of fused-ring (bicyclic) bond motifs is 1. The number of nitro groups is 1. The van der Waals surface area contributed by atoms with Gasteiger partial charge in [0.25, 0.3) is 17.5 Å². The number of non-ortho nitro benzene ring substituents is 1. The van der Waals surface area contributed by atoms with Crippen LogP contribution in [0.3, 0.4) is 0 Å². The number of nitrogens with one attached hydrogen (secondary N) is 1. The van der Waals surface area contributed by atoms with Crippen LogP contribution in [0.5, 0.6) is 0 Å². The molecule has 2 aliphatic rings. The highest BCUT2D eigenvalue weighted by Crippen LogP contribution is 2.26. The van der Waals surface area contributed by atoms with Gasteiger partial charge in [0, 0.05) is 37.7 Å². The van der Waals surface area contributed by atoms with Crippen molar-refractivity contribution >= 4 is 29.3 Å². The molecule has 1 saturated heterocycles. The van der Waals surface area contributed by atoms with Crippen LogP contribution >= 0.6 is 0 Å². The normalized spacial score (nSPS) is 16.9. The number of benzene rings is 1. The lowest BCUT2D eigenvalue weighted by Gasteiger charge is -2.32. The van der Waals surface area contributed by atoms with E-state index in [9.17, 15) is 29.3 Å². The number of nitro benzene ring substituents is 1. The molecule has 148 valence electrons. The second kappa shape index (κ2) is 7.75. The van der Waals surface area contributed by atoms with Gasteiger partial charge in [0.05, 0.1) is 16.1 Å². The molecule has 10 heteroatoms. The Kier molecular flexibility index (Phi) is 5.39. The zero-order valence-electron chi connectivity index (χ0n) is 15.3. The molecule has 0 radical (unpaired) electrons. The second-order valence-electron chi connectivity index (χ2n) is 6.76. The van der Waals surface area contributed by atoms with Crippen LogP contribution in [0.25, 0.3) is 0 Å². The highest BCUT2D eigenvalue weighted by molar-refractivity contribution is 6.22. The topological polar surface area (TPSA) is 130 Å². The van der Waals surface area contributed by atoms with Crippen molar-refractivity contribution in [1.82, 2.24) is 15.1 Å². The van der Waals surface area contributed by atoms with Crippen molar-refractivity contribution in [2.45, 2.75) is 32.2 Å². The molecule has 0 atom stereocenters. The summed E-state index contributed by atoms with van der Waals surface area (Å²) in [6.07, 6.45) is 1.65. The maximum absolute atomic E-state index is 12.4. The second-order valence-corrected chi connectivity index (χ2v) is 6.76. The summed E-state index contributed by atoms with van der Waals surface area (Å²) in [7, 11) is 0. The number of hydrogen-bond acceptors (Lipinski definition) is 6. The van der Waals surface area contributed by atoms with Crippen LogP contribution in [0, 0.1) is 10.1 Å². The maximum atomic E-state index is 12.4. The first-order chi connectivity index (χ1) is 13.3. The van der Waals surface area contributed by atoms with Crippen molar-refractivity contribution in [3.63, 3.8) is 0 Å². The summed E-state index contributed by atoms with van der Waals surface area (Å²) in [5.41, 5.74) is -0.312. The van der Waals surface area contributed by atoms with Crippen LogP contribution in [0.1, 0.15) is 46.9 Å². The minimum absolute atomic E-state index is 0.0507. The predicted molar refractivity (Wildman–Crippen MR) is 96.5 cm³/mol. The molecule has 0 saturated carbocycles. The van der Waals surface area contributed by atoms with E-state index in [1.54, 1.807) is 11.8 Å². The first-order valence-electron chi connectivity index (χ1n) is 9.03. The number of piperidine rings is 1. The summed E-state index contributed by atoms with van der Waals surface area (Å²) in [5, 5.41) is 13.7. The number of carbonyl (C=O) groups is 4. The van der Waals surface area contributed by atoms with Gasteiger partial charge >= 0.3 is 0 Å². The van der Waals surface area contributed by atoms with Gasteiger partial charge in [-0.05, 0) is 18.9 Å². The smallest absolute Gasteiger partial charge is 0.270 e. The van der Waals surface area contributed by atoms with E-state index in [0.29, 0.717) is 32.4 Å². The van der Waals surface area contributed by atoms with E-state index >= 15 is 0 Å². The Labute approximate surface area is 160 Å². The van der Waals surface area contributed by atoms with E-state index in [2.05, 4.69) is 5.32 Å². The number of carbonyl (C=O) groups excluding carboxylic acids is 4. The van der Waals surface area contributed by atoms with Gasteiger partial charge in [0.2, 0.25) is 11.8 Å². The summed E-state index contributed by atoms with van der Waals surface area (Å²) >= 11 is 0. The molecule has 0 bridgehead atoms. The van der Waals surface area contributed by atoms with Gasteiger partial charge in [-0.25, -0.2) is 0 Å². The fourth-order valence-corrected chi connectivity index (χ4v) is 3.45. The van der Waals surface area contributed by atoms with E-state index in [1.165, 1.54) is 6.07 Å². The molecule has 3 rings (SSSR count). The Bertz CT molecular complexity index is 860. The van der Waals surface area contributed by atoms with Gasteiger partial charge in [0.15, 0.2) is 0 Å². The zero-order valence-corrected chi connectivity index (χ0v) is 15.3. The molecular formula is C18H20N4O6. The molecule has 2 heterocycles. The van der Waals surface area contributed by atoms with Crippen LogP contribution in [-0.2, 0) is 9.59 Å². The van der Waals surface area contributed by atoms with Crippen molar-refractivity contribution < 1.29 is 24.1 Å². The van der Waals surface area contributed by atoms with Crippen LogP contribution in [0.4, 0.5) is 5.69 Å². The average molecular weight is 388 g/mol. The van der Waals surface area contributed by atoms with Crippen molar-refractivity contribution in [3.8, 4) is 0 Å². The fraction of sp³-hybridized carbons (Fsp3) is 0.444. The molecule has 28 heavy (non-hydrogen) atoms. The number of imide groups is 1. The highest BCUT2D eigenvalue weighted by Gasteiger charge is 2.38. The van der Waals surface area contributed by atoms with Crippen molar-refractivity contribution in [1.29, 1.82) is 0 Å². The molecule has 0 aliphatic carbocycles. The van der Waals surface area contributed by atoms with Crippen molar-refractivity contribution in [3.05, 3.63) is 39.4 Å². The Hall–Kier alpha value is -3.30. The third-order valence-electron chi connectivity index (χ3n) is 4.98. The summed E-state index contributed by atoms with van der Waals surface area (Å²) in [5.74, 6) is -1.77. The molecule has 0 aromatic heterocycles. The fourth-order valence-electron chi connectivity index (χ4n) is 3.45. The molecular weight excluding hydrogens is 368 g/mol. The van der Waals surface area contributed by atoms with Gasteiger partial charge in [-0.2, -0.15) is 0 Å². The molecule has 1 aromatic rings. The summed E-state index contributed by atoms with van der Waals surface area (Å²) in [6.45, 7) is 2.45. The van der Waals surface area contributed by atoms with Crippen LogP contribution < -0.4 is 5.32 Å². The maximum Gasteiger partial charge on any atom is 0.270 e. The van der Waals surface area contributed by atoms with Crippen LogP contribution in [0.15, 0.2) is 18.2 Å². The first kappa shape index (κ1) is 19.5. The molecule has 4 amide bonds. The van der Waals surface area contributed by atoms with Crippen molar-refractivity contribution in [2.75, 3.05) is 19.6 Å². The summed E-state index contributed by atoms with van der Waals surface area (Å²) in [6, 6.07) is 3.29. The largest absolute Gasteiger partial charge is 0.352 e. The van der Waals surface area contributed by atoms with E-state index in [-0.39, 0.29) is 28.8 Å². The average Bonchev–Trinajstić information content (AvgIpc) is 2.92. The van der Waals surface area contributed by atoms with Crippen molar-refractivity contribution in [2.24, 2.45) is 0 Å². The van der Waals surface area contributed by atoms with Gasteiger partial charge in [-0.3, -0.25) is 34.2 Å². The van der Waals surface area contributed by atoms with E-state index in [1.807, 2.05) is 0 Å². The van der Waals surface area contributed by atoms with Gasteiger partial charge < -0.3 is 10.2 Å². The predicted octanol–water partition coefficient (Wildman–Crippen LogP) is 0.708. The quantitative estimate of drug-likeness (QED) is 0.449. The Morgan fingerprint density at radius 2 is 1.82 bits per heavy atom. The molecule has 0 spiro atoms. The number of rotatable bonds is 5. The van der Waals surface area contributed by atoms with E-state index in [0.717, 1.165) is 17.0 Å². The minimum atomic E-state index is -0.720. The third-order valence-corrected chi connectivity index (χ3v) is 4.98. The Morgan fingerprint density at radius 1 is 1.18 bits per heavy atom. The lowest BCUT2D eigenvalue weighted by molar-refractivity contribution is -0.384. The monoisotopic (exact) mass is 388 g/mol. The van der Waals surface area contributed by atoms with Gasteiger partial charge in [-0.15, -0.1) is 0 Å². The Balaban J connectivity index is 1.59. The molecule has 1 N–H and O–H groups in total. The Morgan fingerprint density at radius 3 is 2.43 bits per heavy atom.